The summed E-state index contributed by atoms with van der Waals surface area (Å²) in [7, 11) is 0. The minimum atomic E-state index is -0.201. The Bertz CT molecular complexity index is 363. The molecule has 4 heteroatoms. The third-order valence-electron chi connectivity index (χ3n) is 2.34. The molecule has 4 nitrogen and oxygen atoms in total. The van der Waals surface area contributed by atoms with Gasteiger partial charge >= 0.3 is 0 Å². The van der Waals surface area contributed by atoms with Crippen LogP contribution < -0.4 is 5.32 Å². The summed E-state index contributed by atoms with van der Waals surface area (Å²) in [5, 5.41) is 20.7. The maximum Gasteiger partial charge on any atom is 0.251 e. The van der Waals surface area contributed by atoms with Crippen LogP contribution in [0.4, 0.5) is 0 Å². The second-order valence-corrected chi connectivity index (χ2v) is 3.69. The van der Waals surface area contributed by atoms with Gasteiger partial charge in [-0.3, -0.25) is 4.79 Å². The van der Waals surface area contributed by atoms with Crippen molar-refractivity contribution in [3.05, 3.63) is 29.3 Å². The zero-order chi connectivity index (χ0) is 12.0. The van der Waals surface area contributed by atoms with Gasteiger partial charge in [-0.05, 0) is 37.5 Å². The molecule has 3 N–H and O–H groups in total. The highest BCUT2D eigenvalue weighted by Crippen LogP contribution is 2.17. The third-order valence-corrected chi connectivity index (χ3v) is 2.34. The van der Waals surface area contributed by atoms with Crippen LogP contribution in [-0.4, -0.2) is 29.3 Å². The van der Waals surface area contributed by atoms with E-state index in [2.05, 4.69) is 5.32 Å². The van der Waals surface area contributed by atoms with E-state index < -0.39 is 0 Å². The first-order valence-corrected chi connectivity index (χ1v) is 5.34. The van der Waals surface area contributed by atoms with Crippen LogP contribution in [0.15, 0.2) is 18.2 Å². The number of aliphatic hydroxyl groups excluding tert-OH is 1. The number of aliphatic hydroxyl groups is 1. The minimum absolute atomic E-state index is 0.128. The Balaban J connectivity index is 2.50. The summed E-state index contributed by atoms with van der Waals surface area (Å²) >= 11 is 0. The standard InChI is InChI=1S/C12H17NO3/c1-9-4-5-10(8-11(9)15)12(16)13-6-2-3-7-14/h4-5,8,14-15H,2-3,6-7H2,1H3,(H,13,16). The Morgan fingerprint density at radius 1 is 1.38 bits per heavy atom. The SMILES string of the molecule is Cc1ccc(C(=O)NCCCCO)cc1O. The van der Waals surface area contributed by atoms with E-state index in [0.717, 1.165) is 12.0 Å². The number of amides is 1. The monoisotopic (exact) mass is 223 g/mol. The number of unbranched alkanes of at least 4 members (excludes halogenated alkanes) is 1. The van der Waals surface area contributed by atoms with Crippen molar-refractivity contribution >= 4 is 5.91 Å². The van der Waals surface area contributed by atoms with E-state index in [9.17, 15) is 9.90 Å². The van der Waals surface area contributed by atoms with Gasteiger partial charge in [-0.25, -0.2) is 0 Å². The molecule has 0 radical (unpaired) electrons. The summed E-state index contributed by atoms with van der Waals surface area (Å²) in [5.74, 6) is -0.0729. The molecule has 16 heavy (non-hydrogen) atoms. The van der Waals surface area contributed by atoms with Crippen molar-refractivity contribution in [1.29, 1.82) is 0 Å². The largest absolute Gasteiger partial charge is 0.508 e. The maximum absolute atomic E-state index is 11.6. The van der Waals surface area contributed by atoms with Crippen molar-refractivity contribution in [1.82, 2.24) is 5.32 Å². The lowest BCUT2D eigenvalue weighted by molar-refractivity contribution is 0.0951. The minimum Gasteiger partial charge on any atom is -0.508 e. The van der Waals surface area contributed by atoms with Crippen LogP contribution in [0.25, 0.3) is 0 Å². The summed E-state index contributed by atoms with van der Waals surface area (Å²) in [6.07, 6.45) is 1.43. The highest BCUT2D eigenvalue weighted by molar-refractivity contribution is 5.94. The Morgan fingerprint density at radius 2 is 2.12 bits per heavy atom. The fraction of sp³-hybridized carbons (Fsp3) is 0.417. The van der Waals surface area contributed by atoms with Gasteiger partial charge in [0.1, 0.15) is 5.75 Å². The molecular weight excluding hydrogens is 206 g/mol. The van der Waals surface area contributed by atoms with Crippen LogP contribution in [0.5, 0.6) is 5.75 Å². The Kier molecular flexibility index (Phi) is 4.79. The molecule has 0 atom stereocenters. The van der Waals surface area contributed by atoms with Gasteiger partial charge < -0.3 is 15.5 Å². The molecule has 0 heterocycles. The van der Waals surface area contributed by atoms with Crippen molar-refractivity contribution in [2.45, 2.75) is 19.8 Å². The van der Waals surface area contributed by atoms with Gasteiger partial charge in [0.25, 0.3) is 5.91 Å². The van der Waals surface area contributed by atoms with Gasteiger partial charge in [-0.2, -0.15) is 0 Å². The second-order valence-electron chi connectivity index (χ2n) is 3.69. The number of carbonyl (C=O) groups is 1. The van der Waals surface area contributed by atoms with Crippen molar-refractivity contribution in [2.24, 2.45) is 0 Å². The molecule has 0 aliphatic heterocycles. The fourth-order valence-electron chi connectivity index (χ4n) is 1.29. The van der Waals surface area contributed by atoms with E-state index in [-0.39, 0.29) is 18.3 Å². The Morgan fingerprint density at radius 3 is 2.75 bits per heavy atom. The molecule has 0 unspecified atom stereocenters. The first-order chi connectivity index (χ1) is 7.65. The van der Waals surface area contributed by atoms with Crippen LogP contribution in [0, 0.1) is 6.92 Å². The van der Waals surface area contributed by atoms with Crippen molar-refractivity contribution in [3.8, 4) is 5.75 Å². The van der Waals surface area contributed by atoms with Crippen LogP contribution in [-0.2, 0) is 0 Å². The quantitative estimate of drug-likeness (QED) is 0.657. The molecule has 1 aromatic carbocycles. The number of hydrogen-bond donors (Lipinski definition) is 3. The second kappa shape index (κ2) is 6.12. The van der Waals surface area contributed by atoms with Crippen LogP contribution in [0.3, 0.4) is 0 Å². The molecule has 1 aromatic rings. The van der Waals surface area contributed by atoms with E-state index in [4.69, 9.17) is 5.11 Å². The smallest absolute Gasteiger partial charge is 0.251 e. The number of nitrogens with one attached hydrogen (secondary N) is 1. The molecule has 0 aliphatic rings. The van der Waals surface area contributed by atoms with E-state index >= 15 is 0 Å². The molecule has 0 bridgehead atoms. The highest BCUT2D eigenvalue weighted by atomic mass is 16.3. The lowest BCUT2D eigenvalue weighted by atomic mass is 10.1. The number of phenols is 1. The van der Waals surface area contributed by atoms with E-state index in [1.54, 1.807) is 19.1 Å². The molecule has 0 saturated carbocycles. The molecule has 88 valence electrons. The number of aryl methyl sites for hydroxylation is 1. The van der Waals surface area contributed by atoms with Crippen LogP contribution in [0.2, 0.25) is 0 Å². The Labute approximate surface area is 94.9 Å². The van der Waals surface area contributed by atoms with Crippen molar-refractivity contribution in [2.75, 3.05) is 13.2 Å². The lowest BCUT2D eigenvalue weighted by Crippen LogP contribution is -2.24. The summed E-state index contributed by atoms with van der Waals surface area (Å²) in [6.45, 7) is 2.45. The fourth-order valence-corrected chi connectivity index (χ4v) is 1.29. The van der Waals surface area contributed by atoms with Crippen LogP contribution in [0.1, 0.15) is 28.8 Å². The number of carbonyl (C=O) groups excluding carboxylic acids is 1. The zero-order valence-corrected chi connectivity index (χ0v) is 9.36. The predicted molar refractivity (Wildman–Crippen MR) is 61.5 cm³/mol. The molecule has 0 spiro atoms. The normalized spacial score (nSPS) is 10.1. The first kappa shape index (κ1) is 12.5. The molecule has 0 saturated heterocycles. The average molecular weight is 223 g/mol. The molecule has 0 fully saturated rings. The summed E-state index contributed by atoms with van der Waals surface area (Å²) in [4.78, 5) is 11.6. The van der Waals surface area contributed by atoms with Crippen molar-refractivity contribution < 1.29 is 15.0 Å². The molecular formula is C12H17NO3. The Hall–Kier alpha value is -1.55. The predicted octanol–water partition coefficient (Wildman–Crippen LogP) is 1.20. The number of benzene rings is 1. The number of phenolic OH excluding ortho intramolecular Hbond substituents is 1. The average Bonchev–Trinajstić information content (AvgIpc) is 2.28. The van der Waals surface area contributed by atoms with Gasteiger partial charge in [0, 0.05) is 18.7 Å². The van der Waals surface area contributed by atoms with Gasteiger partial charge in [0.05, 0.1) is 0 Å². The number of rotatable bonds is 5. The first-order valence-electron chi connectivity index (χ1n) is 5.34. The van der Waals surface area contributed by atoms with E-state index in [0.29, 0.717) is 18.5 Å². The van der Waals surface area contributed by atoms with Crippen molar-refractivity contribution in [3.63, 3.8) is 0 Å². The summed E-state index contributed by atoms with van der Waals surface area (Å²) in [6, 6.07) is 4.84. The van der Waals surface area contributed by atoms with Gasteiger partial charge in [0.15, 0.2) is 0 Å². The number of hydrogen-bond acceptors (Lipinski definition) is 3. The van der Waals surface area contributed by atoms with Gasteiger partial charge in [-0.15, -0.1) is 0 Å². The van der Waals surface area contributed by atoms with Crippen LogP contribution >= 0.6 is 0 Å². The summed E-state index contributed by atoms with van der Waals surface area (Å²) < 4.78 is 0. The van der Waals surface area contributed by atoms with Gasteiger partial charge in [-0.1, -0.05) is 6.07 Å². The highest BCUT2D eigenvalue weighted by Gasteiger charge is 2.06. The molecule has 0 aromatic heterocycles. The zero-order valence-electron chi connectivity index (χ0n) is 9.36. The summed E-state index contributed by atoms with van der Waals surface area (Å²) in [5.41, 5.74) is 1.20. The lowest BCUT2D eigenvalue weighted by Gasteiger charge is -2.06. The van der Waals surface area contributed by atoms with E-state index in [1.807, 2.05) is 0 Å². The third kappa shape index (κ3) is 3.55. The molecule has 0 aliphatic carbocycles. The van der Waals surface area contributed by atoms with E-state index in [1.165, 1.54) is 6.07 Å². The number of aromatic hydroxyl groups is 1. The molecule has 1 amide bonds. The maximum atomic E-state index is 11.6. The van der Waals surface area contributed by atoms with Gasteiger partial charge in [0.2, 0.25) is 0 Å². The molecule has 1 rings (SSSR count). The topological polar surface area (TPSA) is 69.6 Å².